The topological polar surface area (TPSA) is 24.5 Å². The molecule has 1 aromatic carbocycles. The molecular formula is C17H28N2O. The highest BCUT2D eigenvalue weighted by Crippen LogP contribution is 2.33. The number of benzene rings is 1. The lowest BCUT2D eigenvalue weighted by atomic mass is 10.1. The molecule has 2 atom stereocenters. The van der Waals surface area contributed by atoms with Gasteiger partial charge >= 0.3 is 0 Å². The first-order chi connectivity index (χ1) is 9.62. The second kappa shape index (κ2) is 6.98. The fourth-order valence-electron chi connectivity index (χ4n) is 3.13. The summed E-state index contributed by atoms with van der Waals surface area (Å²) in [6.07, 6.45) is 5.22. The van der Waals surface area contributed by atoms with Crippen LogP contribution in [0.1, 0.15) is 38.2 Å². The van der Waals surface area contributed by atoms with Crippen LogP contribution in [0.2, 0.25) is 0 Å². The zero-order valence-electron chi connectivity index (χ0n) is 13.3. The Bertz CT molecular complexity index is 431. The Kier molecular flexibility index (Phi) is 5.30. The van der Waals surface area contributed by atoms with Crippen molar-refractivity contribution in [2.24, 2.45) is 5.92 Å². The minimum Gasteiger partial charge on any atom is -0.495 e. The molecule has 2 rings (SSSR count). The van der Waals surface area contributed by atoms with Gasteiger partial charge in [-0.05, 0) is 57.0 Å². The molecule has 1 aliphatic carbocycles. The Morgan fingerprint density at radius 3 is 2.70 bits per heavy atom. The maximum absolute atomic E-state index is 5.49. The average molecular weight is 276 g/mol. The lowest BCUT2D eigenvalue weighted by Gasteiger charge is -2.19. The monoisotopic (exact) mass is 276 g/mol. The van der Waals surface area contributed by atoms with Crippen LogP contribution in [-0.4, -0.2) is 32.1 Å². The third kappa shape index (κ3) is 3.89. The Morgan fingerprint density at radius 2 is 2.10 bits per heavy atom. The van der Waals surface area contributed by atoms with Crippen LogP contribution >= 0.6 is 0 Å². The number of hydrogen-bond acceptors (Lipinski definition) is 3. The van der Waals surface area contributed by atoms with Gasteiger partial charge in [0, 0.05) is 12.6 Å². The molecule has 0 bridgehead atoms. The molecule has 1 aromatic rings. The predicted molar refractivity (Wildman–Crippen MR) is 85.4 cm³/mol. The van der Waals surface area contributed by atoms with Crippen molar-refractivity contribution in [2.75, 3.05) is 26.5 Å². The van der Waals surface area contributed by atoms with Crippen molar-refractivity contribution in [1.82, 2.24) is 4.90 Å². The molecule has 0 heterocycles. The lowest BCUT2D eigenvalue weighted by Crippen LogP contribution is -2.17. The zero-order valence-corrected chi connectivity index (χ0v) is 13.3. The summed E-state index contributed by atoms with van der Waals surface area (Å²) >= 11 is 0. The van der Waals surface area contributed by atoms with Gasteiger partial charge in [0.1, 0.15) is 5.75 Å². The van der Waals surface area contributed by atoms with Crippen LogP contribution in [0, 0.1) is 5.92 Å². The van der Waals surface area contributed by atoms with Gasteiger partial charge in [0.2, 0.25) is 0 Å². The van der Waals surface area contributed by atoms with Gasteiger partial charge in [-0.2, -0.15) is 0 Å². The molecule has 0 spiro atoms. The van der Waals surface area contributed by atoms with Gasteiger partial charge in [-0.25, -0.2) is 0 Å². The van der Waals surface area contributed by atoms with Crippen molar-refractivity contribution < 1.29 is 4.74 Å². The molecule has 0 saturated heterocycles. The molecule has 20 heavy (non-hydrogen) atoms. The van der Waals surface area contributed by atoms with E-state index < -0.39 is 0 Å². The van der Waals surface area contributed by atoms with Gasteiger partial charge in [-0.1, -0.05) is 19.4 Å². The van der Waals surface area contributed by atoms with Crippen LogP contribution in [0.15, 0.2) is 18.2 Å². The molecule has 0 radical (unpaired) electrons. The fourth-order valence-corrected chi connectivity index (χ4v) is 3.13. The fraction of sp³-hybridized carbons (Fsp3) is 0.647. The standard InChI is InChI=1S/C17H28N2O/c1-5-13-6-8-15(10-13)18-16-11-14(12-19(2)3)7-9-17(16)20-4/h7,9,11,13,15,18H,5-6,8,10,12H2,1-4H3. The summed E-state index contributed by atoms with van der Waals surface area (Å²) in [7, 11) is 5.94. The summed E-state index contributed by atoms with van der Waals surface area (Å²) in [6.45, 7) is 3.26. The smallest absolute Gasteiger partial charge is 0.141 e. The molecule has 0 aliphatic heterocycles. The molecule has 3 nitrogen and oxygen atoms in total. The van der Waals surface area contributed by atoms with E-state index in [-0.39, 0.29) is 0 Å². The lowest BCUT2D eigenvalue weighted by molar-refractivity contribution is 0.400. The van der Waals surface area contributed by atoms with Crippen LogP contribution in [0.5, 0.6) is 5.75 Å². The van der Waals surface area contributed by atoms with E-state index >= 15 is 0 Å². The van der Waals surface area contributed by atoms with Crippen molar-refractivity contribution in [3.05, 3.63) is 23.8 Å². The van der Waals surface area contributed by atoms with Gasteiger partial charge in [0.05, 0.1) is 12.8 Å². The minimum atomic E-state index is 0.600. The summed E-state index contributed by atoms with van der Waals surface area (Å²) in [5, 5.41) is 3.69. The molecule has 3 heteroatoms. The second-order valence-electron chi connectivity index (χ2n) is 6.20. The number of nitrogens with one attached hydrogen (secondary N) is 1. The number of rotatable bonds is 6. The maximum Gasteiger partial charge on any atom is 0.141 e. The molecule has 0 aromatic heterocycles. The maximum atomic E-state index is 5.49. The number of methoxy groups -OCH3 is 1. The van der Waals surface area contributed by atoms with E-state index in [4.69, 9.17) is 4.74 Å². The van der Waals surface area contributed by atoms with Crippen LogP contribution in [0.25, 0.3) is 0 Å². The highest BCUT2D eigenvalue weighted by atomic mass is 16.5. The van der Waals surface area contributed by atoms with E-state index in [1.54, 1.807) is 7.11 Å². The average Bonchev–Trinajstić information content (AvgIpc) is 2.86. The van der Waals surface area contributed by atoms with Crippen LogP contribution in [-0.2, 0) is 6.54 Å². The summed E-state index contributed by atoms with van der Waals surface area (Å²) in [6, 6.07) is 7.06. The second-order valence-corrected chi connectivity index (χ2v) is 6.20. The molecule has 1 N–H and O–H groups in total. The van der Waals surface area contributed by atoms with Gasteiger partial charge < -0.3 is 15.0 Å². The predicted octanol–water partition coefficient (Wildman–Crippen LogP) is 3.75. The first-order valence-corrected chi connectivity index (χ1v) is 7.70. The third-order valence-electron chi connectivity index (χ3n) is 4.24. The molecule has 0 amide bonds. The van der Waals surface area contributed by atoms with Crippen molar-refractivity contribution >= 4 is 5.69 Å². The Balaban J connectivity index is 2.08. The van der Waals surface area contributed by atoms with E-state index in [0.29, 0.717) is 6.04 Å². The highest BCUT2D eigenvalue weighted by molar-refractivity contribution is 5.58. The molecular weight excluding hydrogens is 248 g/mol. The molecule has 1 fully saturated rings. The molecule has 1 saturated carbocycles. The number of hydrogen-bond donors (Lipinski definition) is 1. The first kappa shape index (κ1) is 15.2. The molecule has 2 unspecified atom stereocenters. The Labute approximate surface area is 123 Å². The van der Waals surface area contributed by atoms with Gasteiger partial charge in [-0.3, -0.25) is 0 Å². The highest BCUT2D eigenvalue weighted by Gasteiger charge is 2.23. The summed E-state index contributed by atoms with van der Waals surface area (Å²) in [5.41, 5.74) is 2.47. The van der Waals surface area contributed by atoms with Crippen LogP contribution in [0.4, 0.5) is 5.69 Å². The van der Waals surface area contributed by atoms with Crippen molar-refractivity contribution in [1.29, 1.82) is 0 Å². The van der Waals surface area contributed by atoms with Gasteiger partial charge in [-0.15, -0.1) is 0 Å². The van der Waals surface area contributed by atoms with Crippen LogP contribution in [0.3, 0.4) is 0 Å². The molecule has 1 aliphatic rings. The number of anilines is 1. The Hall–Kier alpha value is -1.22. The van der Waals surface area contributed by atoms with Crippen molar-refractivity contribution in [3.63, 3.8) is 0 Å². The van der Waals surface area contributed by atoms with E-state index in [0.717, 1.165) is 23.9 Å². The normalized spacial score (nSPS) is 22.2. The molecule has 112 valence electrons. The van der Waals surface area contributed by atoms with E-state index in [1.165, 1.54) is 31.2 Å². The number of nitrogens with zero attached hydrogens (tertiary/aromatic N) is 1. The number of ether oxygens (including phenoxy) is 1. The van der Waals surface area contributed by atoms with Crippen LogP contribution < -0.4 is 10.1 Å². The van der Waals surface area contributed by atoms with E-state index in [2.05, 4.69) is 49.4 Å². The third-order valence-corrected chi connectivity index (χ3v) is 4.24. The minimum absolute atomic E-state index is 0.600. The first-order valence-electron chi connectivity index (χ1n) is 7.70. The summed E-state index contributed by atoms with van der Waals surface area (Å²) < 4.78 is 5.49. The van der Waals surface area contributed by atoms with E-state index in [9.17, 15) is 0 Å². The largest absolute Gasteiger partial charge is 0.495 e. The SMILES string of the molecule is CCC1CCC(Nc2cc(CN(C)C)ccc2OC)C1. The summed E-state index contributed by atoms with van der Waals surface area (Å²) in [4.78, 5) is 2.19. The van der Waals surface area contributed by atoms with Crippen molar-refractivity contribution in [2.45, 2.75) is 45.2 Å². The zero-order chi connectivity index (χ0) is 14.5. The summed E-state index contributed by atoms with van der Waals surface area (Å²) in [5.74, 6) is 1.84. The van der Waals surface area contributed by atoms with E-state index in [1.807, 2.05) is 0 Å². The van der Waals surface area contributed by atoms with Gasteiger partial charge in [0.25, 0.3) is 0 Å². The quantitative estimate of drug-likeness (QED) is 0.856. The Morgan fingerprint density at radius 1 is 1.30 bits per heavy atom. The van der Waals surface area contributed by atoms with Crippen molar-refractivity contribution in [3.8, 4) is 5.75 Å². The van der Waals surface area contributed by atoms with Gasteiger partial charge in [0.15, 0.2) is 0 Å².